The van der Waals surface area contributed by atoms with E-state index in [-0.39, 0.29) is 6.54 Å². The van der Waals surface area contributed by atoms with Crippen molar-refractivity contribution in [1.29, 1.82) is 0 Å². The number of nitrogens with two attached hydrogens (primary N) is 1. The highest BCUT2D eigenvalue weighted by Gasteiger charge is 2.23. The van der Waals surface area contributed by atoms with E-state index in [9.17, 15) is 19.2 Å². The summed E-state index contributed by atoms with van der Waals surface area (Å²) in [6.45, 7) is -0.172. The number of carbonyl (C=O) groups is 4. The summed E-state index contributed by atoms with van der Waals surface area (Å²) >= 11 is 0. The fraction of sp³-hybridized carbons (Fsp3) is 0.600. The summed E-state index contributed by atoms with van der Waals surface area (Å²) in [5, 5.41) is 24.0. The summed E-state index contributed by atoms with van der Waals surface area (Å²) in [5.41, 5.74) is 5.01. The smallest absolute Gasteiger partial charge is 0.325 e. The Morgan fingerprint density at radius 3 is 2.20 bits per heavy atom. The Morgan fingerprint density at radius 2 is 1.75 bits per heavy atom. The average molecular weight is 290 g/mol. The van der Waals surface area contributed by atoms with Gasteiger partial charge in [-0.05, 0) is 6.92 Å². The molecule has 2 atom stereocenters. The normalized spacial score (nSPS) is 12.9. The van der Waals surface area contributed by atoms with Crippen LogP contribution in [0.25, 0.3) is 0 Å². The Balaban J connectivity index is 4.32. The monoisotopic (exact) mass is 290 g/mol. The zero-order valence-electron chi connectivity index (χ0n) is 10.9. The van der Waals surface area contributed by atoms with E-state index in [0.29, 0.717) is 0 Å². The summed E-state index contributed by atoms with van der Waals surface area (Å²) < 4.78 is 0. The van der Waals surface area contributed by atoms with Crippen LogP contribution in [0.4, 0.5) is 0 Å². The second kappa shape index (κ2) is 8.82. The third-order valence-corrected chi connectivity index (χ3v) is 2.19. The van der Waals surface area contributed by atoms with E-state index >= 15 is 0 Å². The van der Waals surface area contributed by atoms with E-state index < -0.39 is 48.9 Å². The van der Waals surface area contributed by atoms with Crippen molar-refractivity contribution in [3.8, 4) is 0 Å². The minimum atomic E-state index is -1.31. The molecule has 10 nitrogen and oxygen atoms in total. The van der Waals surface area contributed by atoms with Gasteiger partial charge in [0.1, 0.15) is 12.1 Å². The SMILES string of the molecule is CC(NC(=O)C(CO)NC(=O)CNC(=O)CN)C(=O)O. The number of aliphatic hydroxyl groups excluding tert-OH is 1. The summed E-state index contributed by atoms with van der Waals surface area (Å²) in [7, 11) is 0. The van der Waals surface area contributed by atoms with Crippen LogP contribution in [-0.2, 0) is 19.2 Å². The number of aliphatic carboxylic acids is 1. The van der Waals surface area contributed by atoms with Crippen molar-refractivity contribution in [3.63, 3.8) is 0 Å². The fourth-order valence-corrected chi connectivity index (χ4v) is 1.07. The molecular formula is C10H18N4O6. The molecule has 0 aromatic rings. The summed E-state index contributed by atoms with van der Waals surface area (Å²) in [6.07, 6.45) is 0. The quantitative estimate of drug-likeness (QED) is 0.265. The van der Waals surface area contributed by atoms with E-state index in [1.165, 1.54) is 6.92 Å². The molecule has 0 aromatic heterocycles. The standard InChI is InChI=1S/C10H18N4O6/c1-5(10(19)20)13-9(18)6(4-15)14-8(17)3-12-7(16)2-11/h5-6,15H,2-4,11H2,1H3,(H,12,16)(H,13,18)(H,14,17)(H,19,20). The highest BCUT2D eigenvalue weighted by Crippen LogP contribution is 1.88. The first-order valence-electron chi connectivity index (χ1n) is 5.72. The van der Waals surface area contributed by atoms with E-state index in [0.717, 1.165) is 0 Å². The molecular weight excluding hydrogens is 272 g/mol. The Morgan fingerprint density at radius 1 is 1.15 bits per heavy atom. The van der Waals surface area contributed by atoms with Gasteiger partial charge in [0.15, 0.2) is 0 Å². The highest BCUT2D eigenvalue weighted by atomic mass is 16.4. The van der Waals surface area contributed by atoms with Crippen molar-refractivity contribution < 1.29 is 29.4 Å². The van der Waals surface area contributed by atoms with Gasteiger partial charge in [-0.25, -0.2) is 0 Å². The summed E-state index contributed by atoms with van der Waals surface area (Å²) in [5.74, 6) is -3.37. The molecule has 2 unspecified atom stereocenters. The highest BCUT2D eigenvalue weighted by molar-refractivity contribution is 5.92. The first kappa shape index (κ1) is 17.8. The number of carboxylic acids is 1. The lowest BCUT2D eigenvalue weighted by atomic mass is 10.2. The van der Waals surface area contributed by atoms with Crippen LogP contribution in [0.5, 0.6) is 0 Å². The largest absolute Gasteiger partial charge is 0.480 e. The van der Waals surface area contributed by atoms with E-state index in [2.05, 4.69) is 16.0 Å². The maximum absolute atomic E-state index is 11.6. The van der Waals surface area contributed by atoms with Crippen LogP contribution in [0.3, 0.4) is 0 Å². The molecule has 114 valence electrons. The van der Waals surface area contributed by atoms with Gasteiger partial charge in [0.25, 0.3) is 0 Å². The Labute approximate surface area is 114 Å². The van der Waals surface area contributed by atoms with Crippen LogP contribution in [0.15, 0.2) is 0 Å². The minimum Gasteiger partial charge on any atom is -0.480 e. The number of amides is 3. The lowest BCUT2D eigenvalue weighted by molar-refractivity contribution is -0.142. The Bertz CT molecular complexity index is 386. The number of nitrogens with one attached hydrogen (secondary N) is 3. The number of aliphatic hydroxyl groups is 1. The number of hydrogen-bond acceptors (Lipinski definition) is 6. The topological polar surface area (TPSA) is 171 Å². The van der Waals surface area contributed by atoms with Crippen LogP contribution in [-0.4, -0.2) is 65.7 Å². The maximum Gasteiger partial charge on any atom is 0.325 e. The number of hydrogen-bond donors (Lipinski definition) is 6. The number of carbonyl (C=O) groups excluding carboxylic acids is 3. The van der Waals surface area contributed by atoms with E-state index in [1.807, 2.05) is 0 Å². The first-order valence-corrected chi connectivity index (χ1v) is 5.72. The van der Waals surface area contributed by atoms with E-state index in [1.54, 1.807) is 0 Å². The Kier molecular flexibility index (Phi) is 7.85. The Hall–Kier alpha value is -2.20. The van der Waals surface area contributed by atoms with Gasteiger partial charge in [0, 0.05) is 0 Å². The van der Waals surface area contributed by atoms with Gasteiger partial charge in [-0.15, -0.1) is 0 Å². The van der Waals surface area contributed by atoms with Crippen LogP contribution in [0.1, 0.15) is 6.92 Å². The third-order valence-electron chi connectivity index (χ3n) is 2.19. The molecule has 0 bridgehead atoms. The molecule has 0 rings (SSSR count). The molecule has 20 heavy (non-hydrogen) atoms. The average Bonchev–Trinajstić information content (AvgIpc) is 2.41. The van der Waals surface area contributed by atoms with Gasteiger partial charge in [-0.2, -0.15) is 0 Å². The zero-order valence-corrected chi connectivity index (χ0v) is 10.9. The second-order valence-electron chi connectivity index (χ2n) is 3.85. The first-order chi connectivity index (χ1) is 9.31. The lowest BCUT2D eigenvalue weighted by Gasteiger charge is -2.18. The van der Waals surface area contributed by atoms with Gasteiger partial charge >= 0.3 is 5.97 Å². The van der Waals surface area contributed by atoms with E-state index in [4.69, 9.17) is 15.9 Å². The predicted octanol–water partition coefficient (Wildman–Crippen LogP) is -3.87. The zero-order chi connectivity index (χ0) is 15.7. The van der Waals surface area contributed by atoms with Crippen molar-refractivity contribution in [2.24, 2.45) is 5.73 Å². The summed E-state index contributed by atoms with van der Waals surface area (Å²) in [6, 6.07) is -2.47. The third kappa shape index (κ3) is 6.66. The molecule has 0 aliphatic heterocycles. The summed E-state index contributed by atoms with van der Waals surface area (Å²) in [4.78, 5) is 44.3. The molecule has 0 aliphatic carbocycles. The minimum absolute atomic E-state index is 0.284. The van der Waals surface area contributed by atoms with Gasteiger partial charge in [-0.1, -0.05) is 0 Å². The van der Waals surface area contributed by atoms with Crippen LogP contribution in [0.2, 0.25) is 0 Å². The number of carboxylic acid groups (broad SMARTS) is 1. The molecule has 10 heteroatoms. The molecule has 0 aliphatic rings. The molecule has 0 aromatic carbocycles. The molecule has 0 spiro atoms. The van der Waals surface area contributed by atoms with Crippen LogP contribution in [0, 0.1) is 0 Å². The van der Waals surface area contributed by atoms with Gasteiger partial charge in [-0.3, -0.25) is 19.2 Å². The molecule has 0 saturated carbocycles. The molecule has 0 fully saturated rings. The van der Waals surface area contributed by atoms with Crippen molar-refractivity contribution in [3.05, 3.63) is 0 Å². The molecule has 0 radical (unpaired) electrons. The lowest BCUT2D eigenvalue weighted by Crippen LogP contribution is -2.54. The molecule has 7 N–H and O–H groups in total. The van der Waals surface area contributed by atoms with Crippen molar-refractivity contribution in [2.75, 3.05) is 19.7 Å². The van der Waals surface area contributed by atoms with Gasteiger partial charge in [0.05, 0.1) is 19.7 Å². The molecule has 3 amide bonds. The van der Waals surface area contributed by atoms with Crippen LogP contribution >= 0.6 is 0 Å². The van der Waals surface area contributed by atoms with Crippen molar-refractivity contribution in [2.45, 2.75) is 19.0 Å². The van der Waals surface area contributed by atoms with Crippen molar-refractivity contribution in [1.82, 2.24) is 16.0 Å². The van der Waals surface area contributed by atoms with Crippen molar-refractivity contribution >= 4 is 23.7 Å². The molecule has 0 heterocycles. The van der Waals surface area contributed by atoms with Crippen LogP contribution < -0.4 is 21.7 Å². The predicted molar refractivity (Wildman–Crippen MR) is 66.3 cm³/mol. The van der Waals surface area contributed by atoms with Gasteiger partial charge in [0.2, 0.25) is 17.7 Å². The maximum atomic E-state index is 11.6. The van der Waals surface area contributed by atoms with Gasteiger partial charge < -0.3 is 31.9 Å². The second-order valence-corrected chi connectivity index (χ2v) is 3.85. The molecule has 0 saturated heterocycles. The number of rotatable bonds is 8. The fourth-order valence-electron chi connectivity index (χ4n) is 1.07.